The first kappa shape index (κ1) is 18.7. The maximum Gasteiger partial charge on any atom is 0.257 e. The van der Waals surface area contributed by atoms with Gasteiger partial charge in [-0.2, -0.15) is 0 Å². The van der Waals surface area contributed by atoms with Gasteiger partial charge in [0, 0.05) is 18.9 Å². The van der Waals surface area contributed by atoms with E-state index >= 15 is 0 Å². The highest BCUT2D eigenvalue weighted by Gasteiger charge is 2.63. The van der Waals surface area contributed by atoms with Crippen LogP contribution in [0.15, 0.2) is 48.5 Å². The molecule has 2 saturated heterocycles. The summed E-state index contributed by atoms with van der Waals surface area (Å²) in [5.41, 5.74) is 0.737. The number of fused-ring (bicyclic) bond motifs is 1. The fraction of sp³-hybridized carbons (Fsp3) is 0.435. The Bertz CT molecular complexity index is 909. The van der Waals surface area contributed by atoms with Crippen LogP contribution in [-0.2, 0) is 14.3 Å². The number of carbonyl (C=O) groups excluding carboxylic acids is 1. The molecule has 1 aliphatic carbocycles. The molecule has 1 saturated carbocycles. The number of rotatable bonds is 4. The molecular formula is C23H23F2NO3. The molecule has 0 unspecified atom stereocenters. The van der Waals surface area contributed by atoms with E-state index in [0.717, 1.165) is 11.6 Å². The summed E-state index contributed by atoms with van der Waals surface area (Å²) in [7, 11) is 0. The van der Waals surface area contributed by atoms with E-state index < -0.39 is 17.2 Å². The first-order chi connectivity index (χ1) is 13.9. The second-order valence-electron chi connectivity index (χ2n) is 8.29. The molecule has 3 aliphatic rings. The van der Waals surface area contributed by atoms with Crippen molar-refractivity contribution in [3.8, 4) is 0 Å². The van der Waals surface area contributed by atoms with E-state index in [0.29, 0.717) is 31.2 Å². The molecule has 2 aromatic rings. The first-order valence-electron chi connectivity index (χ1n) is 10.1. The molecule has 5 rings (SSSR count). The summed E-state index contributed by atoms with van der Waals surface area (Å²) in [6.07, 6.45) is 1.91. The molecule has 1 amide bonds. The molecule has 152 valence electrons. The molecule has 2 aliphatic heterocycles. The fourth-order valence-electron chi connectivity index (χ4n) is 4.94. The minimum Gasteiger partial charge on any atom is -0.370 e. The Balaban J connectivity index is 1.27. The predicted molar refractivity (Wildman–Crippen MR) is 102 cm³/mol. The number of amides is 1. The van der Waals surface area contributed by atoms with Crippen molar-refractivity contribution < 1.29 is 23.0 Å². The number of halogens is 2. The zero-order valence-electron chi connectivity index (χ0n) is 16.2. The van der Waals surface area contributed by atoms with Crippen LogP contribution >= 0.6 is 0 Å². The van der Waals surface area contributed by atoms with Crippen LogP contribution in [0.5, 0.6) is 0 Å². The van der Waals surface area contributed by atoms with Crippen LogP contribution in [0.3, 0.4) is 0 Å². The van der Waals surface area contributed by atoms with Crippen LogP contribution in [-0.4, -0.2) is 28.7 Å². The SMILES string of the molecule is C[C@@H](OC1CC2(C1)O[C@@H]1CC[C@@H](c3cc(F)cc(F)c3)N1C2=O)c1ccccc1. The molecule has 0 aromatic heterocycles. The van der Waals surface area contributed by atoms with E-state index in [2.05, 4.69) is 0 Å². The standard InChI is InChI=1S/C23H23F2NO3/c1-14(15-5-3-2-4-6-15)28-19-12-23(13-19)22(27)26-20(7-8-21(26)29-23)16-9-17(24)11-18(25)10-16/h2-6,9-11,14,19-21H,7-8,12-13H2,1H3/t14-,19?,20+,21-,23?/m1/s1. The van der Waals surface area contributed by atoms with E-state index in [4.69, 9.17) is 9.47 Å². The summed E-state index contributed by atoms with van der Waals surface area (Å²) in [5, 5.41) is 0. The Morgan fingerprint density at radius 3 is 2.48 bits per heavy atom. The molecule has 1 spiro atoms. The van der Waals surface area contributed by atoms with Crippen LogP contribution in [0.1, 0.15) is 55.9 Å². The van der Waals surface area contributed by atoms with Crippen LogP contribution in [0, 0.1) is 11.6 Å². The van der Waals surface area contributed by atoms with Gasteiger partial charge in [-0.25, -0.2) is 8.78 Å². The third-order valence-corrected chi connectivity index (χ3v) is 6.37. The van der Waals surface area contributed by atoms with E-state index in [1.807, 2.05) is 37.3 Å². The summed E-state index contributed by atoms with van der Waals surface area (Å²) >= 11 is 0. The highest BCUT2D eigenvalue weighted by molar-refractivity contribution is 5.89. The van der Waals surface area contributed by atoms with Gasteiger partial charge in [-0.15, -0.1) is 0 Å². The lowest BCUT2D eigenvalue weighted by Gasteiger charge is -2.43. The lowest BCUT2D eigenvalue weighted by atomic mass is 9.76. The molecule has 2 heterocycles. The zero-order chi connectivity index (χ0) is 20.2. The van der Waals surface area contributed by atoms with Gasteiger partial charge in [-0.05, 0) is 43.0 Å². The second kappa shape index (κ2) is 6.89. The predicted octanol–water partition coefficient (Wildman–Crippen LogP) is 4.66. The quantitative estimate of drug-likeness (QED) is 0.750. The number of hydrogen-bond acceptors (Lipinski definition) is 3. The molecule has 3 atom stereocenters. The lowest BCUT2D eigenvalue weighted by Crippen LogP contribution is -2.55. The van der Waals surface area contributed by atoms with Gasteiger partial charge in [0.25, 0.3) is 5.91 Å². The van der Waals surface area contributed by atoms with Crippen molar-refractivity contribution in [2.45, 2.75) is 62.7 Å². The van der Waals surface area contributed by atoms with Crippen LogP contribution in [0.25, 0.3) is 0 Å². The molecule has 2 aromatic carbocycles. The van der Waals surface area contributed by atoms with Crippen molar-refractivity contribution in [2.75, 3.05) is 0 Å². The normalized spacial score (nSPS) is 31.8. The van der Waals surface area contributed by atoms with Crippen molar-refractivity contribution >= 4 is 5.91 Å². The van der Waals surface area contributed by atoms with Crippen LogP contribution in [0.2, 0.25) is 0 Å². The van der Waals surface area contributed by atoms with E-state index in [1.165, 1.54) is 12.1 Å². The summed E-state index contributed by atoms with van der Waals surface area (Å²) in [6.45, 7) is 2.00. The van der Waals surface area contributed by atoms with Gasteiger partial charge in [-0.1, -0.05) is 30.3 Å². The number of carbonyl (C=O) groups is 1. The second-order valence-corrected chi connectivity index (χ2v) is 8.29. The lowest BCUT2D eigenvalue weighted by molar-refractivity contribution is -0.184. The highest BCUT2D eigenvalue weighted by atomic mass is 19.1. The van der Waals surface area contributed by atoms with Crippen molar-refractivity contribution in [1.29, 1.82) is 0 Å². The number of ether oxygens (including phenoxy) is 2. The Morgan fingerprint density at radius 1 is 1.10 bits per heavy atom. The Morgan fingerprint density at radius 2 is 1.79 bits per heavy atom. The van der Waals surface area contributed by atoms with Gasteiger partial charge >= 0.3 is 0 Å². The number of hydrogen-bond donors (Lipinski definition) is 0. The summed E-state index contributed by atoms with van der Waals surface area (Å²) in [5.74, 6) is -1.34. The molecule has 0 bridgehead atoms. The topological polar surface area (TPSA) is 38.8 Å². The summed E-state index contributed by atoms with van der Waals surface area (Å²) < 4.78 is 39.6. The summed E-state index contributed by atoms with van der Waals surface area (Å²) in [4.78, 5) is 14.9. The molecule has 0 radical (unpaired) electrons. The van der Waals surface area contributed by atoms with Gasteiger partial charge in [0.2, 0.25) is 0 Å². The average Bonchev–Trinajstić information content (AvgIpc) is 3.20. The number of benzene rings is 2. The zero-order valence-corrected chi connectivity index (χ0v) is 16.2. The molecular weight excluding hydrogens is 376 g/mol. The maximum atomic E-state index is 13.7. The highest BCUT2D eigenvalue weighted by Crippen LogP contribution is 2.52. The van der Waals surface area contributed by atoms with Crippen LogP contribution in [0.4, 0.5) is 8.78 Å². The minimum absolute atomic E-state index is 0.0424. The molecule has 3 fully saturated rings. The molecule has 6 heteroatoms. The third-order valence-electron chi connectivity index (χ3n) is 6.37. The Kier molecular flexibility index (Phi) is 4.44. The van der Waals surface area contributed by atoms with E-state index in [-0.39, 0.29) is 30.4 Å². The molecule has 29 heavy (non-hydrogen) atoms. The van der Waals surface area contributed by atoms with Crippen molar-refractivity contribution in [1.82, 2.24) is 4.90 Å². The first-order valence-corrected chi connectivity index (χ1v) is 10.1. The van der Waals surface area contributed by atoms with Gasteiger partial charge < -0.3 is 14.4 Å². The third kappa shape index (κ3) is 3.15. The monoisotopic (exact) mass is 399 g/mol. The molecule has 0 N–H and O–H groups in total. The van der Waals surface area contributed by atoms with Gasteiger partial charge in [0.1, 0.15) is 17.9 Å². The smallest absolute Gasteiger partial charge is 0.257 e. The number of nitrogens with zero attached hydrogens (tertiary/aromatic N) is 1. The maximum absolute atomic E-state index is 13.7. The van der Waals surface area contributed by atoms with Gasteiger partial charge in [-0.3, -0.25) is 4.79 Å². The van der Waals surface area contributed by atoms with E-state index in [9.17, 15) is 13.6 Å². The fourth-order valence-corrected chi connectivity index (χ4v) is 4.94. The molecule has 4 nitrogen and oxygen atoms in total. The van der Waals surface area contributed by atoms with Crippen molar-refractivity contribution in [3.63, 3.8) is 0 Å². The van der Waals surface area contributed by atoms with Gasteiger partial charge in [0.05, 0.1) is 18.2 Å². The average molecular weight is 399 g/mol. The Hall–Kier alpha value is -2.31. The Labute approximate surface area is 168 Å². The van der Waals surface area contributed by atoms with E-state index in [1.54, 1.807) is 4.90 Å². The minimum atomic E-state index is -0.851. The van der Waals surface area contributed by atoms with Crippen molar-refractivity contribution in [3.05, 3.63) is 71.3 Å². The van der Waals surface area contributed by atoms with Crippen molar-refractivity contribution in [2.24, 2.45) is 0 Å². The van der Waals surface area contributed by atoms with Crippen LogP contribution < -0.4 is 0 Å². The largest absolute Gasteiger partial charge is 0.370 e. The van der Waals surface area contributed by atoms with Gasteiger partial charge in [0.15, 0.2) is 5.60 Å². The summed E-state index contributed by atoms with van der Waals surface area (Å²) in [6, 6.07) is 13.1.